The van der Waals surface area contributed by atoms with Gasteiger partial charge in [-0.05, 0) is 37.5 Å². The number of phenols is 1. The van der Waals surface area contributed by atoms with Crippen molar-refractivity contribution in [1.29, 1.82) is 0 Å². The number of rotatable bonds is 5. The van der Waals surface area contributed by atoms with Crippen LogP contribution in [0.5, 0.6) is 5.75 Å². The second kappa shape index (κ2) is 8.52. The summed E-state index contributed by atoms with van der Waals surface area (Å²) in [6.45, 7) is 3.96. The average Bonchev–Trinajstić information content (AvgIpc) is 2.59. The molecule has 2 N–H and O–H groups in total. The quantitative estimate of drug-likeness (QED) is 0.854. The summed E-state index contributed by atoms with van der Waals surface area (Å²) in [6, 6.07) is 6.34. The summed E-state index contributed by atoms with van der Waals surface area (Å²) < 4.78 is 0. The third-order valence-electron chi connectivity index (χ3n) is 5.55. The van der Waals surface area contributed by atoms with Gasteiger partial charge in [0.1, 0.15) is 5.75 Å². The van der Waals surface area contributed by atoms with Gasteiger partial charge in [0.25, 0.3) is 0 Å². The van der Waals surface area contributed by atoms with Gasteiger partial charge in [0.2, 0.25) is 0 Å². The van der Waals surface area contributed by atoms with Gasteiger partial charge in [0, 0.05) is 55.5 Å². The molecule has 24 heavy (non-hydrogen) atoms. The van der Waals surface area contributed by atoms with Gasteiger partial charge in [-0.1, -0.05) is 30.9 Å². The van der Waals surface area contributed by atoms with Gasteiger partial charge in [-0.25, -0.2) is 0 Å². The Kier molecular flexibility index (Phi) is 6.39. The molecular weight excluding hydrogens is 324 g/mol. The smallest absolute Gasteiger partial charge is 0.120 e. The molecule has 2 fully saturated rings. The Balaban J connectivity index is 1.64. The van der Waals surface area contributed by atoms with E-state index in [9.17, 15) is 10.2 Å². The molecule has 1 atom stereocenters. The Labute approximate surface area is 150 Å². The molecule has 0 amide bonds. The number of aliphatic hydroxyl groups is 1. The maximum atomic E-state index is 10.1. The zero-order chi connectivity index (χ0) is 16.9. The Bertz CT molecular complexity index is 534. The van der Waals surface area contributed by atoms with E-state index >= 15 is 0 Å². The minimum Gasteiger partial charge on any atom is -0.508 e. The summed E-state index contributed by atoms with van der Waals surface area (Å²) in [7, 11) is 0. The first kappa shape index (κ1) is 18.0. The number of aromatic hydroxyl groups is 1. The number of phenolic OH excluding ortho intramolecular Hbond substituents is 1. The second-order valence-corrected chi connectivity index (χ2v) is 7.64. The van der Waals surface area contributed by atoms with Crippen LogP contribution in [0.3, 0.4) is 0 Å². The third-order valence-corrected chi connectivity index (χ3v) is 5.79. The van der Waals surface area contributed by atoms with E-state index in [-0.39, 0.29) is 6.61 Å². The summed E-state index contributed by atoms with van der Waals surface area (Å²) >= 11 is 6.07. The highest BCUT2D eigenvalue weighted by Gasteiger charge is 2.32. The van der Waals surface area contributed by atoms with Crippen molar-refractivity contribution in [1.82, 2.24) is 9.80 Å². The number of hydrogen-bond donors (Lipinski definition) is 2. The van der Waals surface area contributed by atoms with Crippen molar-refractivity contribution in [2.45, 2.75) is 57.2 Å². The molecule has 1 aromatic rings. The van der Waals surface area contributed by atoms with Gasteiger partial charge >= 0.3 is 0 Å². The highest BCUT2D eigenvalue weighted by atomic mass is 35.5. The number of piperazine rings is 1. The highest BCUT2D eigenvalue weighted by molar-refractivity contribution is 6.30. The summed E-state index contributed by atoms with van der Waals surface area (Å²) in [4.78, 5) is 5.02. The maximum Gasteiger partial charge on any atom is 0.120 e. The van der Waals surface area contributed by atoms with Gasteiger partial charge < -0.3 is 10.2 Å². The van der Waals surface area contributed by atoms with E-state index in [1.807, 2.05) is 6.07 Å². The minimum atomic E-state index is 0.240. The highest BCUT2D eigenvalue weighted by Crippen LogP contribution is 2.29. The van der Waals surface area contributed by atoms with E-state index < -0.39 is 0 Å². The van der Waals surface area contributed by atoms with E-state index in [0.717, 1.165) is 31.6 Å². The van der Waals surface area contributed by atoms with E-state index in [1.165, 1.54) is 32.1 Å². The molecule has 2 aliphatic rings. The number of aliphatic hydroxyl groups excluding tert-OH is 1. The second-order valence-electron chi connectivity index (χ2n) is 7.20. The molecule has 1 aliphatic carbocycles. The van der Waals surface area contributed by atoms with Crippen LogP contribution in [-0.4, -0.2) is 58.3 Å². The van der Waals surface area contributed by atoms with Gasteiger partial charge in [-0.2, -0.15) is 0 Å². The van der Waals surface area contributed by atoms with Crippen LogP contribution in [0.1, 0.15) is 44.1 Å². The third kappa shape index (κ3) is 4.42. The fraction of sp³-hybridized carbons (Fsp3) is 0.684. The van der Waals surface area contributed by atoms with Crippen LogP contribution in [0.15, 0.2) is 18.2 Å². The van der Waals surface area contributed by atoms with E-state index in [1.54, 1.807) is 12.1 Å². The van der Waals surface area contributed by atoms with Crippen LogP contribution in [-0.2, 0) is 6.54 Å². The monoisotopic (exact) mass is 352 g/mol. The average molecular weight is 353 g/mol. The molecule has 1 aromatic carbocycles. The van der Waals surface area contributed by atoms with Crippen molar-refractivity contribution < 1.29 is 10.2 Å². The van der Waals surface area contributed by atoms with Crippen LogP contribution in [0.25, 0.3) is 0 Å². The first-order chi connectivity index (χ1) is 11.7. The van der Waals surface area contributed by atoms with Crippen LogP contribution in [0.4, 0.5) is 0 Å². The first-order valence-electron chi connectivity index (χ1n) is 9.23. The lowest BCUT2D eigenvalue weighted by molar-refractivity contribution is 0.0134. The molecular formula is C19H29ClN2O2. The van der Waals surface area contributed by atoms with E-state index in [0.29, 0.717) is 29.4 Å². The minimum absolute atomic E-state index is 0.240. The number of benzene rings is 1. The summed E-state index contributed by atoms with van der Waals surface area (Å²) in [6.07, 6.45) is 7.48. The SMILES string of the molecule is OCC[C@H]1CN(Cc2cc(Cl)ccc2O)CCN1C1CCCCC1. The molecule has 0 spiro atoms. The Morgan fingerprint density at radius 2 is 1.92 bits per heavy atom. The summed E-state index contributed by atoms with van der Waals surface area (Å²) in [5.74, 6) is 0.313. The van der Waals surface area contributed by atoms with E-state index in [2.05, 4.69) is 9.80 Å². The fourth-order valence-corrected chi connectivity index (χ4v) is 4.49. The molecule has 5 heteroatoms. The Morgan fingerprint density at radius 1 is 1.12 bits per heavy atom. The molecule has 1 heterocycles. The van der Waals surface area contributed by atoms with E-state index in [4.69, 9.17) is 11.6 Å². The van der Waals surface area contributed by atoms with Crippen molar-refractivity contribution in [3.63, 3.8) is 0 Å². The Hall–Kier alpha value is -0.810. The fourth-order valence-electron chi connectivity index (χ4n) is 4.30. The normalized spacial score (nSPS) is 24.3. The molecule has 0 radical (unpaired) electrons. The molecule has 0 aromatic heterocycles. The molecule has 4 nitrogen and oxygen atoms in total. The molecule has 134 valence electrons. The molecule has 0 bridgehead atoms. The van der Waals surface area contributed by atoms with Gasteiger partial charge in [-0.15, -0.1) is 0 Å². The van der Waals surface area contributed by atoms with Gasteiger partial charge in [-0.3, -0.25) is 9.80 Å². The van der Waals surface area contributed by atoms with Crippen molar-refractivity contribution in [2.24, 2.45) is 0 Å². The standard InChI is InChI=1S/C19H29ClN2O2/c20-16-6-7-19(24)15(12-16)13-21-9-10-22(18(14-21)8-11-23)17-4-2-1-3-5-17/h6-7,12,17-18,23-24H,1-5,8-11,13-14H2/t18-/m0/s1. The maximum absolute atomic E-state index is 10.1. The van der Waals surface area contributed by atoms with Crippen LogP contribution >= 0.6 is 11.6 Å². The number of nitrogens with zero attached hydrogens (tertiary/aromatic N) is 2. The largest absolute Gasteiger partial charge is 0.508 e. The first-order valence-corrected chi connectivity index (χ1v) is 9.61. The Morgan fingerprint density at radius 3 is 2.67 bits per heavy atom. The van der Waals surface area contributed by atoms with Crippen LogP contribution in [0.2, 0.25) is 5.02 Å². The van der Waals surface area contributed by atoms with Crippen molar-refractivity contribution in [2.75, 3.05) is 26.2 Å². The van der Waals surface area contributed by atoms with Crippen molar-refractivity contribution in [3.8, 4) is 5.75 Å². The van der Waals surface area contributed by atoms with Gasteiger partial charge in [0.05, 0.1) is 0 Å². The predicted molar refractivity (Wildman–Crippen MR) is 97.5 cm³/mol. The number of halogens is 1. The zero-order valence-corrected chi connectivity index (χ0v) is 15.1. The lowest BCUT2D eigenvalue weighted by Gasteiger charge is -2.46. The topological polar surface area (TPSA) is 46.9 Å². The number of hydrogen-bond acceptors (Lipinski definition) is 4. The van der Waals surface area contributed by atoms with Crippen LogP contribution in [0, 0.1) is 0 Å². The summed E-state index contributed by atoms with van der Waals surface area (Å²) in [5.41, 5.74) is 0.886. The molecule has 1 saturated carbocycles. The lowest BCUT2D eigenvalue weighted by atomic mass is 9.91. The summed E-state index contributed by atoms with van der Waals surface area (Å²) in [5, 5.41) is 20.2. The van der Waals surface area contributed by atoms with Gasteiger partial charge in [0.15, 0.2) is 0 Å². The molecule has 0 unspecified atom stereocenters. The van der Waals surface area contributed by atoms with Crippen molar-refractivity contribution in [3.05, 3.63) is 28.8 Å². The predicted octanol–water partition coefficient (Wildman–Crippen LogP) is 3.25. The molecule has 3 rings (SSSR count). The van der Waals surface area contributed by atoms with Crippen molar-refractivity contribution >= 4 is 11.6 Å². The lowest BCUT2D eigenvalue weighted by Crippen LogP contribution is -2.56. The zero-order valence-electron chi connectivity index (χ0n) is 14.3. The van der Waals surface area contributed by atoms with Crippen LogP contribution < -0.4 is 0 Å². The molecule has 1 aliphatic heterocycles. The molecule has 1 saturated heterocycles.